The van der Waals surface area contributed by atoms with Crippen molar-refractivity contribution in [1.82, 2.24) is 4.98 Å². The van der Waals surface area contributed by atoms with Gasteiger partial charge in [-0.2, -0.15) is 5.26 Å². The van der Waals surface area contributed by atoms with E-state index in [2.05, 4.69) is 4.98 Å². The number of nitrogens with zero attached hydrogens (tertiary/aromatic N) is 2. The summed E-state index contributed by atoms with van der Waals surface area (Å²) in [5.74, 6) is -0.348. The van der Waals surface area contributed by atoms with Gasteiger partial charge < -0.3 is 0 Å². The van der Waals surface area contributed by atoms with Gasteiger partial charge in [0.15, 0.2) is 0 Å². The Morgan fingerprint density at radius 2 is 2.14 bits per heavy atom. The van der Waals surface area contributed by atoms with Crippen molar-refractivity contribution < 1.29 is 4.39 Å². The first-order valence-electron chi connectivity index (χ1n) is 4.18. The van der Waals surface area contributed by atoms with Crippen LogP contribution in [-0.4, -0.2) is 4.98 Å². The van der Waals surface area contributed by atoms with Crippen LogP contribution in [0.25, 0.3) is 10.8 Å². The van der Waals surface area contributed by atoms with Crippen LogP contribution in [0.3, 0.4) is 0 Å². The van der Waals surface area contributed by atoms with Gasteiger partial charge in [0.25, 0.3) is 0 Å². The fourth-order valence-electron chi connectivity index (χ4n) is 1.44. The van der Waals surface area contributed by atoms with Crippen molar-refractivity contribution in [3.63, 3.8) is 0 Å². The van der Waals surface area contributed by atoms with Gasteiger partial charge in [-0.3, -0.25) is 0 Å². The number of hydrogen-bond acceptors (Lipinski definition) is 2. The highest BCUT2D eigenvalue weighted by atomic mass is 19.1. The highest BCUT2D eigenvalue weighted by Crippen LogP contribution is 2.18. The molecular formula is C11H7FN2. The van der Waals surface area contributed by atoms with Crippen LogP contribution in [0.15, 0.2) is 24.3 Å². The van der Waals surface area contributed by atoms with E-state index in [0.717, 1.165) is 11.1 Å². The lowest BCUT2D eigenvalue weighted by atomic mass is 10.1. The molecule has 3 heteroatoms. The minimum absolute atomic E-state index is 0.277. The summed E-state index contributed by atoms with van der Waals surface area (Å²) >= 11 is 0. The lowest BCUT2D eigenvalue weighted by Crippen LogP contribution is -1.89. The van der Waals surface area contributed by atoms with E-state index in [0.29, 0.717) is 5.39 Å². The van der Waals surface area contributed by atoms with Crippen LogP contribution >= 0.6 is 0 Å². The van der Waals surface area contributed by atoms with Gasteiger partial charge in [0.05, 0.1) is 0 Å². The molecule has 0 saturated carbocycles. The smallest absolute Gasteiger partial charge is 0.148 e. The largest absolute Gasteiger partial charge is 0.242 e. The quantitative estimate of drug-likeness (QED) is 0.634. The molecule has 2 rings (SSSR count). The Labute approximate surface area is 80.6 Å². The van der Waals surface area contributed by atoms with E-state index < -0.39 is 0 Å². The zero-order valence-corrected chi connectivity index (χ0v) is 7.58. The Hall–Kier alpha value is -1.95. The number of aryl methyl sites for hydroxylation is 1. The number of rotatable bonds is 0. The minimum Gasteiger partial charge on any atom is -0.242 e. The van der Waals surface area contributed by atoms with Gasteiger partial charge in [-0.25, -0.2) is 9.37 Å². The first-order valence-corrected chi connectivity index (χ1v) is 4.18. The summed E-state index contributed by atoms with van der Waals surface area (Å²) in [4.78, 5) is 4.03. The molecule has 0 unspecified atom stereocenters. The van der Waals surface area contributed by atoms with Gasteiger partial charge >= 0.3 is 0 Å². The van der Waals surface area contributed by atoms with Crippen LogP contribution in [0.2, 0.25) is 0 Å². The monoisotopic (exact) mass is 186 g/mol. The summed E-state index contributed by atoms with van der Waals surface area (Å²) in [5, 5.41) is 10.2. The average molecular weight is 186 g/mol. The van der Waals surface area contributed by atoms with Gasteiger partial charge in [0.2, 0.25) is 0 Å². The van der Waals surface area contributed by atoms with Gasteiger partial charge in [-0.15, -0.1) is 0 Å². The number of nitriles is 1. The molecule has 0 bridgehead atoms. The predicted molar refractivity (Wildman–Crippen MR) is 51.2 cm³/mol. The lowest BCUT2D eigenvalue weighted by molar-refractivity contribution is 0.629. The molecule has 0 atom stereocenters. The standard InChI is InChI=1S/C11H7FN2/c1-7-4-8-2-3-9(12)5-10(8)11(6-13)14-7/h2-5H,1H3. The minimum atomic E-state index is -0.348. The van der Waals surface area contributed by atoms with E-state index in [-0.39, 0.29) is 11.5 Å². The molecule has 2 aromatic rings. The van der Waals surface area contributed by atoms with E-state index in [4.69, 9.17) is 5.26 Å². The Balaban J connectivity index is 2.90. The van der Waals surface area contributed by atoms with E-state index in [1.54, 1.807) is 6.07 Å². The summed E-state index contributed by atoms with van der Waals surface area (Å²) in [7, 11) is 0. The van der Waals surface area contributed by atoms with Gasteiger partial charge in [-0.05, 0) is 30.5 Å². The molecule has 0 saturated heterocycles. The number of fused-ring (bicyclic) bond motifs is 1. The molecule has 0 spiro atoms. The number of halogens is 1. The van der Waals surface area contributed by atoms with Crippen molar-refractivity contribution in [1.29, 1.82) is 5.26 Å². The lowest BCUT2D eigenvalue weighted by Gasteiger charge is -2.01. The van der Waals surface area contributed by atoms with E-state index in [9.17, 15) is 4.39 Å². The average Bonchev–Trinajstić information content (AvgIpc) is 2.17. The molecule has 0 radical (unpaired) electrons. The zero-order valence-electron chi connectivity index (χ0n) is 7.58. The van der Waals surface area contributed by atoms with Crippen molar-refractivity contribution in [2.24, 2.45) is 0 Å². The molecule has 0 N–H and O–H groups in total. The fraction of sp³-hybridized carbons (Fsp3) is 0.0909. The second-order valence-electron chi connectivity index (χ2n) is 3.09. The molecule has 2 nitrogen and oxygen atoms in total. The van der Waals surface area contributed by atoms with Crippen molar-refractivity contribution >= 4 is 10.8 Å². The summed E-state index contributed by atoms with van der Waals surface area (Å²) in [5.41, 5.74) is 1.04. The van der Waals surface area contributed by atoms with Crippen LogP contribution in [-0.2, 0) is 0 Å². The Bertz CT molecular complexity index is 541. The molecule has 0 amide bonds. The second kappa shape index (κ2) is 3.08. The second-order valence-corrected chi connectivity index (χ2v) is 3.09. The normalized spacial score (nSPS) is 10.1. The number of pyridine rings is 1. The predicted octanol–water partition coefficient (Wildman–Crippen LogP) is 2.55. The molecule has 1 aromatic heterocycles. The summed E-state index contributed by atoms with van der Waals surface area (Å²) in [6, 6.07) is 8.15. The molecule has 0 aliphatic heterocycles. The third-order valence-corrected chi connectivity index (χ3v) is 2.03. The maximum Gasteiger partial charge on any atom is 0.148 e. The summed E-state index contributed by atoms with van der Waals surface area (Å²) in [6.07, 6.45) is 0. The number of hydrogen-bond donors (Lipinski definition) is 0. The van der Waals surface area contributed by atoms with Crippen LogP contribution < -0.4 is 0 Å². The topological polar surface area (TPSA) is 36.7 Å². The van der Waals surface area contributed by atoms with Crippen LogP contribution in [0.1, 0.15) is 11.4 Å². The van der Waals surface area contributed by atoms with Crippen molar-refractivity contribution in [2.45, 2.75) is 6.92 Å². The van der Waals surface area contributed by atoms with Gasteiger partial charge in [0, 0.05) is 11.1 Å². The third kappa shape index (κ3) is 1.31. The summed E-state index contributed by atoms with van der Waals surface area (Å²) in [6.45, 7) is 1.81. The highest BCUT2D eigenvalue weighted by Gasteiger charge is 2.04. The Kier molecular flexibility index (Phi) is 1.90. The number of aromatic nitrogens is 1. The molecule has 0 aliphatic rings. The van der Waals surface area contributed by atoms with Crippen LogP contribution in [0.5, 0.6) is 0 Å². The van der Waals surface area contributed by atoms with Crippen molar-refractivity contribution in [3.8, 4) is 6.07 Å². The highest BCUT2D eigenvalue weighted by molar-refractivity contribution is 5.86. The van der Waals surface area contributed by atoms with E-state index in [1.165, 1.54) is 12.1 Å². The fourth-order valence-corrected chi connectivity index (χ4v) is 1.44. The molecule has 1 heterocycles. The first-order chi connectivity index (χ1) is 6.70. The van der Waals surface area contributed by atoms with Gasteiger partial charge in [0.1, 0.15) is 17.6 Å². The zero-order chi connectivity index (χ0) is 10.1. The Morgan fingerprint density at radius 1 is 1.36 bits per heavy atom. The van der Waals surface area contributed by atoms with Crippen molar-refractivity contribution in [3.05, 3.63) is 41.5 Å². The van der Waals surface area contributed by atoms with Crippen molar-refractivity contribution in [2.75, 3.05) is 0 Å². The van der Waals surface area contributed by atoms with E-state index in [1.807, 2.05) is 19.1 Å². The first kappa shape index (κ1) is 8.64. The van der Waals surface area contributed by atoms with E-state index >= 15 is 0 Å². The van der Waals surface area contributed by atoms with Crippen LogP contribution in [0.4, 0.5) is 4.39 Å². The maximum atomic E-state index is 12.9. The maximum absolute atomic E-state index is 12.9. The van der Waals surface area contributed by atoms with Crippen LogP contribution in [0, 0.1) is 24.1 Å². The number of benzene rings is 1. The van der Waals surface area contributed by atoms with Gasteiger partial charge in [-0.1, -0.05) is 6.07 Å². The SMILES string of the molecule is Cc1cc2ccc(F)cc2c(C#N)n1. The molecule has 14 heavy (non-hydrogen) atoms. The molecular weight excluding hydrogens is 179 g/mol. The molecule has 0 fully saturated rings. The third-order valence-electron chi connectivity index (χ3n) is 2.03. The summed E-state index contributed by atoms with van der Waals surface area (Å²) < 4.78 is 12.9. The molecule has 68 valence electrons. The Morgan fingerprint density at radius 3 is 2.86 bits per heavy atom. The molecule has 0 aliphatic carbocycles. The molecule has 1 aromatic carbocycles.